The van der Waals surface area contributed by atoms with Crippen LogP contribution < -0.4 is 0 Å². The monoisotopic (exact) mass is 393 g/mol. The second-order valence-electron chi connectivity index (χ2n) is 8.39. The molecule has 3 aliphatic heterocycles. The van der Waals surface area contributed by atoms with Crippen molar-refractivity contribution in [3.05, 3.63) is 53.2 Å². The Morgan fingerprint density at radius 3 is 2.66 bits per heavy atom. The zero-order chi connectivity index (χ0) is 19.8. The summed E-state index contributed by atoms with van der Waals surface area (Å²) in [5.41, 5.74) is 3.21. The van der Waals surface area contributed by atoms with E-state index in [1.54, 1.807) is 0 Å². The normalized spacial score (nSPS) is 22.8. The van der Waals surface area contributed by atoms with E-state index in [1.807, 2.05) is 44.2 Å². The van der Waals surface area contributed by atoms with Gasteiger partial charge in [-0.15, -0.1) is 10.2 Å². The highest BCUT2D eigenvalue weighted by Crippen LogP contribution is 2.31. The standard InChI is InChI=1S/C22H27N5O2/c1-15-20(16(2)29-25-15)13-26-10-17-8-9-19(12-26)27(11-17)14-21-23-24-22(28-21)18-6-4-3-5-7-18/h3-7,17,19H,8-14H2,1-2H3/t17-,19+/m0/s1. The molecule has 2 aromatic heterocycles. The first kappa shape index (κ1) is 18.5. The van der Waals surface area contributed by atoms with Crippen molar-refractivity contribution in [2.75, 3.05) is 19.6 Å². The van der Waals surface area contributed by atoms with Crippen LogP contribution in [-0.2, 0) is 13.1 Å². The third-order valence-corrected chi connectivity index (χ3v) is 6.29. The molecule has 0 aliphatic carbocycles. The highest BCUT2D eigenvalue weighted by Gasteiger charge is 2.35. The van der Waals surface area contributed by atoms with Crippen LogP contribution in [0.5, 0.6) is 0 Å². The second-order valence-corrected chi connectivity index (χ2v) is 8.39. The van der Waals surface area contributed by atoms with Crippen LogP contribution in [0.3, 0.4) is 0 Å². The molecular formula is C22H27N5O2. The topological polar surface area (TPSA) is 71.4 Å². The van der Waals surface area contributed by atoms with E-state index in [2.05, 4.69) is 25.2 Å². The molecule has 3 aliphatic rings. The van der Waals surface area contributed by atoms with Gasteiger partial charge in [0.2, 0.25) is 11.8 Å². The summed E-state index contributed by atoms with van der Waals surface area (Å²) >= 11 is 0. The van der Waals surface area contributed by atoms with Crippen molar-refractivity contribution in [3.63, 3.8) is 0 Å². The van der Waals surface area contributed by atoms with Crippen LogP contribution in [0.15, 0.2) is 39.3 Å². The van der Waals surface area contributed by atoms with Crippen molar-refractivity contribution < 1.29 is 8.94 Å². The fourth-order valence-corrected chi connectivity index (χ4v) is 4.74. The minimum Gasteiger partial charge on any atom is -0.419 e. The minimum atomic E-state index is 0.515. The molecule has 7 nitrogen and oxygen atoms in total. The van der Waals surface area contributed by atoms with Crippen LogP contribution in [0.1, 0.15) is 35.7 Å². The third kappa shape index (κ3) is 3.84. The van der Waals surface area contributed by atoms with Crippen molar-refractivity contribution in [2.24, 2.45) is 5.92 Å². The summed E-state index contributed by atoms with van der Waals surface area (Å²) in [6, 6.07) is 10.5. The predicted octanol–water partition coefficient (Wildman–Crippen LogP) is 3.44. The van der Waals surface area contributed by atoms with Crippen molar-refractivity contribution in [1.29, 1.82) is 0 Å². The third-order valence-electron chi connectivity index (χ3n) is 6.29. The Labute approximate surface area is 170 Å². The Hall–Kier alpha value is -2.51. The van der Waals surface area contributed by atoms with Gasteiger partial charge >= 0.3 is 0 Å². The van der Waals surface area contributed by atoms with E-state index in [0.717, 1.165) is 49.7 Å². The van der Waals surface area contributed by atoms with E-state index in [-0.39, 0.29) is 0 Å². The largest absolute Gasteiger partial charge is 0.419 e. The van der Waals surface area contributed by atoms with Gasteiger partial charge in [-0.3, -0.25) is 9.80 Å². The van der Waals surface area contributed by atoms with Gasteiger partial charge in [0.15, 0.2) is 0 Å². The van der Waals surface area contributed by atoms with Gasteiger partial charge in [-0.2, -0.15) is 0 Å². The van der Waals surface area contributed by atoms with E-state index in [4.69, 9.17) is 8.94 Å². The molecule has 0 saturated carbocycles. The number of rotatable bonds is 5. The number of hydrogen-bond donors (Lipinski definition) is 0. The van der Waals surface area contributed by atoms with E-state index in [1.165, 1.54) is 18.4 Å². The summed E-state index contributed by atoms with van der Waals surface area (Å²) in [6.45, 7) is 8.95. The summed E-state index contributed by atoms with van der Waals surface area (Å²) < 4.78 is 11.3. The number of aromatic nitrogens is 3. The Balaban J connectivity index is 1.28. The maximum Gasteiger partial charge on any atom is 0.247 e. The molecule has 0 amide bonds. The lowest BCUT2D eigenvalue weighted by Gasteiger charge is -2.35. The summed E-state index contributed by atoms with van der Waals surface area (Å²) in [7, 11) is 0. The maximum absolute atomic E-state index is 5.97. The number of nitrogens with zero attached hydrogens (tertiary/aromatic N) is 5. The average Bonchev–Trinajstić information content (AvgIpc) is 3.20. The Bertz CT molecular complexity index is 947. The van der Waals surface area contributed by atoms with Gasteiger partial charge in [-0.25, -0.2) is 0 Å². The number of aryl methyl sites for hydroxylation is 2. The van der Waals surface area contributed by atoms with Crippen molar-refractivity contribution in [3.8, 4) is 11.5 Å². The van der Waals surface area contributed by atoms with Gasteiger partial charge < -0.3 is 8.94 Å². The van der Waals surface area contributed by atoms with Crippen LogP contribution in [0.25, 0.3) is 11.5 Å². The first-order valence-electron chi connectivity index (χ1n) is 10.4. The van der Waals surface area contributed by atoms with Crippen LogP contribution in [0, 0.1) is 19.8 Å². The van der Waals surface area contributed by atoms with E-state index >= 15 is 0 Å². The van der Waals surface area contributed by atoms with E-state index < -0.39 is 0 Å². The molecule has 3 fully saturated rings. The fourth-order valence-electron chi connectivity index (χ4n) is 4.74. The Morgan fingerprint density at radius 2 is 1.86 bits per heavy atom. The zero-order valence-corrected chi connectivity index (χ0v) is 17.0. The SMILES string of the molecule is Cc1noc(C)c1CN1C[C@@H]2CC[C@H](C1)N(Cc1nnc(-c3ccccc3)o1)C2. The summed E-state index contributed by atoms with van der Waals surface area (Å²) in [5.74, 6) is 2.91. The van der Waals surface area contributed by atoms with E-state index in [9.17, 15) is 0 Å². The summed E-state index contributed by atoms with van der Waals surface area (Å²) in [4.78, 5) is 5.10. The van der Waals surface area contributed by atoms with Gasteiger partial charge in [-0.05, 0) is 44.7 Å². The molecule has 0 radical (unpaired) electrons. The van der Waals surface area contributed by atoms with Gasteiger partial charge in [0, 0.05) is 43.3 Å². The van der Waals surface area contributed by atoms with Crippen LogP contribution >= 0.6 is 0 Å². The predicted molar refractivity (Wildman–Crippen MR) is 108 cm³/mol. The number of piperidine rings is 1. The first-order valence-corrected chi connectivity index (χ1v) is 10.4. The number of hydrogen-bond acceptors (Lipinski definition) is 7. The smallest absolute Gasteiger partial charge is 0.247 e. The maximum atomic E-state index is 5.97. The summed E-state index contributed by atoms with van der Waals surface area (Å²) in [5, 5.41) is 12.7. The minimum absolute atomic E-state index is 0.515. The van der Waals surface area contributed by atoms with Gasteiger partial charge in [0.25, 0.3) is 0 Å². The Morgan fingerprint density at radius 1 is 1.00 bits per heavy atom. The van der Waals surface area contributed by atoms with Gasteiger partial charge in [0.1, 0.15) is 5.76 Å². The molecule has 6 rings (SSSR count). The molecule has 3 saturated heterocycles. The lowest BCUT2D eigenvalue weighted by atomic mass is 9.95. The second kappa shape index (κ2) is 7.72. The molecule has 2 bridgehead atoms. The lowest BCUT2D eigenvalue weighted by Crippen LogP contribution is -2.43. The number of benzene rings is 1. The van der Waals surface area contributed by atoms with Crippen LogP contribution in [0.4, 0.5) is 0 Å². The molecule has 0 N–H and O–H groups in total. The molecular weight excluding hydrogens is 366 g/mol. The lowest BCUT2D eigenvalue weighted by molar-refractivity contribution is 0.112. The molecule has 0 unspecified atom stereocenters. The molecule has 3 aromatic rings. The molecule has 5 heterocycles. The number of fused-ring (bicyclic) bond motifs is 4. The average molecular weight is 393 g/mol. The molecule has 29 heavy (non-hydrogen) atoms. The quantitative estimate of drug-likeness (QED) is 0.657. The molecule has 7 heteroatoms. The Kier molecular flexibility index (Phi) is 4.93. The summed E-state index contributed by atoms with van der Waals surface area (Å²) in [6.07, 6.45) is 2.51. The molecule has 0 spiro atoms. The van der Waals surface area contributed by atoms with E-state index in [0.29, 0.717) is 23.7 Å². The van der Waals surface area contributed by atoms with Crippen LogP contribution in [-0.4, -0.2) is 50.8 Å². The van der Waals surface area contributed by atoms with Crippen molar-refractivity contribution in [2.45, 2.75) is 45.8 Å². The van der Waals surface area contributed by atoms with Crippen molar-refractivity contribution >= 4 is 0 Å². The molecule has 152 valence electrons. The zero-order valence-electron chi connectivity index (χ0n) is 17.0. The molecule has 1 aromatic carbocycles. The highest BCUT2D eigenvalue weighted by atomic mass is 16.5. The first-order chi connectivity index (χ1) is 14.2. The fraction of sp³-hybridized carbons (Fsp3) is 0.500. The van der Waals surface area contributed by atoms with Crippen molar-refractivity contribution in [1.82, 2.24) is 25.2 Å². The molecule has 2 atom stereocenters. The van der Waals surface area contributed by atoms with Gasteiger partial charge in [-0.1, -0.05) is 23.4 Å². The van der Waals surface area contributed by atoms with Crippen LogP contribution in [0.2, 0.25) is 0 Å². The van der Waals surface area contributed by atoms with Gasteiger partial charge in [0.05, 0.1) is 12.2 Å². The highest BCUT2D eigenvalue weighted by molar-refractivity contribution is 5.51.